The third kappa shape index (κ3) is 2.66. The minimum absolute atomic E-state index is 0.282. The largest absolute Gasteiger partial charge is 0.290 e. The summed E-state index contributed by atoms with van der Waals surface area (Å²) in [7, 11) is 0. The zero-order chi connectivity index (χ0) is 7.28. The molecule has 0 saturated carbocycles. The lowest BCUT2D eigenvalue weighted by molar-refractivity contribution is -0.117. The molecule has 0 atom stereocenters. The van der Waals surface area contributed by atoms with Crippen molar-refractivity contribution >= 4 is 5.91 Å². The van der Waals surface area contributed by atoms with Gasteiger partial charge in [-0.15, -0.1) is 0 Å². The summed E-state index contributed by atoms with van der Waals surface area (Å²) in [5, 5.41) is 0. The van der Waals surface area contributed by atoms with Crippen molar-refractivity contribution in [3.05, 3.63) is 24.3 Å². The third-order valence-electron chi connectivity index (χ3n) is 0.857. The van der Waals surface area contributed by atoms with Gasteiger partial charge in [-0.1, -0.05) is 18.7 Å². The number of allylic oxidation sites excluding steroid dienone is 2. The first-order valence-electron chi connectivity index (χ1n) is 2.52. The number of hydrogen-bond acceptors (Lipinski definition) is 2. The molecule has 50 valence electrons. The van der Waals surface area contributed by atoms with Gasteiger partial charge in [0.2, 0.25) is 0 Å². The molecule has 0 unspecified atom stereocenters. The van der Waals surface area contributed by atoms with Crippen molar-refractivity contribution in [2.45, 2.75) is 6.92 Å². The molecular formula is C6H10N2O. The number of hydrazine groups is 1. The van der Waals surface area contributed by atoms with Crippen molar-refractivity contribution in [1.29, 1.82) is 0 Å². The minimum Gasteiger partial charge on any atom is -0.290 e. The van der Waals surface area contributed by atoms with Crippen LogP contribution in [0.25, 0.3) is 0 Å². The topological polar surface area (TPSA) is 55.1 Å². The van der Waals surface area contributed by atoms with E-state index < -0.39 is 0 Å². The second-order valence-corrected chi connectivity index (χ2v) is 1.56. The maximum atomic E-state index is 10.5. The molecule has 0 aliphatic rings. The summed E-state index contributed by atoms with van der Waals surface area (Å²) in [5.74, 6) is 4.55. The number of hydrogen-bond donors (Lipinski definition) is 2. The average molecular weight is 126 g/mol. The minimum atomic E-state index is -0.282. The quantitative estimate of drug-likeness (QED) is 0.181. The highest BCUT2D eigenvalue weighted by atomic mass is 16.2. The van der Waals surface area contributed by atoms with Crippen molar-refractivity contribution in [3.8, 4) is 0 Å². The van der Waals surface area contributed by atoms with Crippen LogP contribution < -0.4 is 11.3 Å². The number of carbonyl (C=O) groups is 1. The van der Waals surface area contributed by atoms with Crippen LogP contribution in [0.1, 0.15) is 6.92 Å². The zero-order valence-corrected chi connectivity index (χ0v) is 5.35. The Balaban J connectivity index is 4.01. The van der Waals surface area contributed by atoms with Crippen molar-refractivity contribution in [2.24, 2.45) is 5.84 Å². The van der Waals surface area contributed by atoms with E-state index in [0.29, 0.717) is 5.57 Å². The van der Waals surface area contributed by atoms with Gasteiger partial charge in [-0.2, -0.15) is 0 Å². The molecule has 0 aromatic rings. The standard InChI is InChI=1S/C6H10N2O/c1-3-4-5(2)6(9)8-7/h3-4H,1,7H2,2H3,(H,8,9)/b5-4+. The molecule has 9 heavy (non-hydrogen) atoms. The van der Waals surface area contributed by atoms with E-state index in [-0.39, 0.29) is 5.91 Å². The van der Waals surface area contributed by atoms with Crippen LogP contribution >= 0.6 is 0 Å². The molecule has 3 nitrogen and oxygen atoms in total. The summed E-state index contributed by atoms with van der Waals surface area (Å²) < 4.78 is 0. The second-order valence-electron chi connectivity index (χ2n) is 1.56. The first-order chi connectivity index (χ1) is 4.22. The van der Waals surface area contributed by atoms with Crippen LogP contribution in [0.4, 0.5) is 0 Å². The van der Waals surface area contributed by atoms with E-state index in [4.69, 9.17) is 5.84 Å². The van der Waals surface area contributed by atoms with Gasteiger partial charge < -0.3 is 0 Å². The SMILES string of the molecule is C=C/C=C(\C)C(=O)NN. The van der Waals surface area contributed by atoms with Crippen molar-refractivity contribution in [3.63, 3.8) is 0 Å². The summed E-state index contributed by atoms with van der Waals surface area (Å²) in [6.07, 6.45) is 3.12. The van der Waals surface area contributed by atoms with Crippen LogP contribution in [-0.4, -0.2) is 5.91 Å². The van der Waals surface area contributed by atoms with E-state index in [1.807, 2.05) is 5.43 Å². The highest BCUT2D eigenvalue weighted by Gasteiger charge is 1.96. The monoisotopic (exact) mass is 126 g/mol. The Morgan fingerprint density at radius 1 is 1.78 bits per heavy atom. The molecule has 0 heterocycles. The molecule has 3 N–H and O–H groups in total. The van der Waals surface area contributed by atoms with Gasteiger partial charge in [-0.25, -0.2) is 5.84 Å². The van der Waals surface area contributed by atoms with Gasteiger partial charge in [0, 0.05) is 5.57 Å². The number of rotatable bonds is 2. The number of nitrogens with one attached hydrogen (secondary N) is 1. The molecule has 0 aromatic heterocycles. The molecule has 3 heteroatoms. The third-order valence-corrected chi connectivity index (χ3v) is 0.857. The lowest BCUT2D eigenvalue weighted by atomic mass is 10.3. The van der Waals surface area contributed by atoms with Crippen LogP contribution in [0.2, 0.25) is 0 Å². The summed E-state index contributed by atoms with van der Waals surface area (Å²) in [5.41, 5.74) is 2.54. The summed E-state index contributed by atoms with van der Waals surface area (Å²) >= 11 is 0. The maximum absolute atomic E-state index is 10.5. The van der Waals surface area contributed by atoms with E-state index in [1.165, 1.54) is 6.08 Å². The van der Waals surface area contributed by atoms with E-state index >= 15 is 0 Å². The predicted octanol–water partition coefficient (Wildman–Crippen LogP) is 0.109. The van der Waals surface area contributed by atoms with Gasteiger partial charge in [-0.3, -0.25) is 10.2 Å². The van der Waals surface area contributed by atoms with Crippen LogP contribution in [0.3, 0.4) is 0 Å². The van der Waals surface area contributed by atoms with Crippen LogP contribution in [0.5, 0.6) is 0 Å². The lowest BCUT2D eigenvalue weighted by Crippen LogP contribution is -2.30. The summed E-state index contributed by atoms with van der Waals surface area (Å²) in [6, 6.07) is 0. The van der Waals surface area contributed by atoms with Gasteiger partial charge in [0.15, 0.2) is 0 Å². The number of carbonyl (C=O) groups excluding carboxylic acids is 1. The molecule has 0 spiro atoms. The zero-order valence-electron chi connectivity index (χ0n) is 5.35. The fourth-order valence-electron chi connectivity index (χ4n) is 0.366. The van der Waals surface area contributed by atoms with Crippen LogP contribution in [0, 0.1) is 0 Å². The van der Waals surface area contributed by atoms with Gasteiger partial charge in [-0.05, 0) is 6.92 Å². The highest BCUT2D eigenvalue weighted by molar-refractivity contribution is 5.92. The van der Waals surface area contributed by atoms with Crippen LogP contribution in [0.15, 0.2) is 24.3 Å². The van der Waals surface area contributed by atoms with E-state index in [0.717, 1.165) is 0 Å². The second kappa shape index (κ2) is 3.86. The Bertz CT molecular complexity index is 149. The Morgan fingerprint density at radius 2 is 2.33 bits per heavy atom. The highest BCUT2D eigenvalue weighted by Crippen LogP contribution is 1.89. The molecule has 0 radical (unpaired) electrons. The maximum Gasteiger partial charge on any atom is 0.260 e. The normalized spacial score (nSPS) is 10.7. The molecule has 0 aliphatic heterocycles. The molecule has 0 rings (SSSR count). The molecule has 0 fully saturated rings. The van der Waals surface area contributed by atoms with Crippen molar-refractivity contribution in [1.82, 2.24) is 5.43 Å². The molecular weight excluding hydrogens is 116 g/mol. The molecule has 0 bridgehead atoms. The first kappa shape index (κ1) is 7.91. The summed E-state index contributed by atoms with van der Waals surface area (Å²) in [4.78, 5) is 10.5. The fourth-order valence-corrected chi connectivity index (χ4v) is 0.366. The van der Waals surface area contributed by atoms with Gasteiger partial charge in [0.1, 0.15) is 0 Å². The first-order valence-corrected chi connectivity index (χ1v) is 2.52. The fraction of sp³-hybridized carbons (Fsp3) is 0.167. The Morgan fingerprint density at radius 3 is 2.67 bits per heavy atom. The smallest absolute Gasteiger partial charge is 0.260 e. The summed E-state index contributed by atoms with van der Waals surface area (Å²) in [6.45, 7) is 5.08. The van der Waals surface area contributed by atoms with E-state index in [1.54, 1.807) is 13.0 Å². The molecule has 0 saturated heterocycles. The Labute approximate surface area is 54.2 Å². The van der Waals surface area contributed by atoms with Gasteiger partial charge >= 0.3 is 0 Å². The predicted molar refractivity (Wildman–Crippen MR) is 36.3 cm³/mol. The van der Waals surface area contributed by atoms with Crippen molar-refractivity contribution < 1.29 is 4.79 Å². The number of nitrogens with two attached hydrogens (primary N) is 1. The van der Waals surface area contributed by atoms with E-state index in [2.05, 4.69) is 6.58 Å². The van der Waals surface area contributed by atoms with Crippen LogP contribution in [-0.2, 0) is 4.79 Å². The molecule has 0 aliphatic carbocycles. The molecule has 1 amide bonds. The van der Waals surface area contributed by atoms with Crippen molar-refractivity contribution in [2.75, 3.05) is 0 Å². The number of amides is 1. The lowest BCUT2D eigenvalue weighted by Gasteiger charge is -1.94. The van der Waals surface area contributed by atoms with Gasteiger partial charge in [0.05, 0.1) is 0 Å². The average Bonchev–Trinajstić information content (AvgIpc) is 1.87. The Hall–Kier alpha value is -1.09. The molecule has 0 aromatic carbocycles. The Kier molecular flexibility index (Phi) is 3.39. The van der Waals surface area contributed by atoms with E-state index in [9.17, 15) is 4.79 Å². The van der Waals surface area contributed by atoms with Gasteiger partial charge in [0.25, 0.3) is 5.91 Å².